The molecule has 0 rings (SSSR count). The molecule has 18 heavy (non-hydrogen) atoms. The van der Waals surface area contributed by atoms with Gasteiger partial charge >= 0.3 is 6.18 Å². The number of thioether (sulfide) groups is 1. The van der Waals surface area contributed by atoms with Crippen LogP contribution in [0.1, 0.15) is 19.8 Å². The van der Waals surface area contributed by atoms with Crippen molar-refractivity contribution in [2.75, 3.05) is 5.75 Å². The van der Waals surface area contributed by atoms with Crippen LogP contribution in [0.3, 0.4) is 0 Å². The Labute approximate surface area is 103 Å². The van der Waals surface area contributed by atoms with Crippen molar-refractivity contribution < 1.29 is 35.5 Å². The zero-order valence-electron chi connectivity index (χ0n) is 9.24. The van der Waals surface area contributed by atoms with Gasteiger partial charge in [0, 0.05) is 12.7 Å². The lowest BCUT2D eigenvalue weighted by molar-refractivity contribution is -0.206. The summed E-state index contributed by atoms with van der Waals surface area (Å²) >= 11 is 0.572. The van der Waals surface area contributed by atoms with Crippen LogP contribution in [-0.2, 0) is 4.79 Å². The summed E-state index contributed by atoms with van der Waals surface area (Å²) in [5.41, 5.74) is 0. The minimum Gasteiger partial charge on any atom is -0.288 e. The van der Waals surface area contributed by atoms with Crippen LogP contribution in [0.2, 0.25) is 0 Å². The summed E-state index contributed by atoms with van der Waals surface area (Å²) in [5.74, 6) is -4.71. The van der Waals surface area contributed by atoms with Crippen molar-refractivity contribution in [1.29, 1.82) is 0 Å². The molecule has 0 spiro atoms. The van der Waals surface area contributed by atoms with Crippen LogP contribution in [0.15, 0.2) is 0 Å². The lowest BCUT2D eigenvalue weighted by Crippen LogP contribution is -2.38. The Hall–Kier alpha value is -0.470. The molecule has 0 saturated heterocycles. The zero-order valence-corrected chi connectivity index (χ0v) is 10.1. The van der Waals surface area contributed by atoms with Gasteiger partial charge in [0.05, 0.1) is 6.42 Å². The van der Waals surface area contributed by atoms with Gasteiger partial charge in [-0.3, -0.25) is 4.79 Å². The highest BCUT2D eigenvalue weighted by Gasteiger charge is 2.50. The lowest BCUT2D eigenvalue weighted by Gasteiger charge is -2.23. The predicted molar refractivity (Wildman–Crippen MR) is 53.2 cm³/mol. The molecule has 0 aromatic heterocycles. The smallest absolute Gasteiger partial charge is 0.288 e. The SMILES string of the molecule is CC(=O)SCCC(F)C(F)(F)CC(F)C(F)(F)F. The van der Waals surface area contributed by atoms with Crippen LogP contribution in [0.4, 0.5) is 30.7 Å². The molecule has 0 N–H and O–H groups in total. The summed E-state index contributed by atoms with van der Waals surface area (Å²) in [6.45, 7) is 1.14. The first-order chi connectivity index (χ1) is 7.97. The van der Waals surface area contributed by atoms with Gasteiger partial charge in [-0.05, 0) is 6.42 Å². The molecule has 2 atom stereocenters. The number of halogens is 7. The Morgan fingerprint density at radius 2 is 1.61 bits per heavy atom. The monoisotopic (exact) mass is 300 g/mol. The standard InChI is InChI=1S/C9H11F7OS/c1-5(17)18-3-2-6(10)8(12,13)4-7(11)9(14,15)16/h6-7H,2-4H2,1H3. The summed E-state index contributed by atoms with van der Waals surface area (Å²) in [5, 5.41) is -0.427. The van der Waals surface area contributed by atoms with E-state index in [1.165, 1.54) is 0 Å². The van der Waals surface area contributed by atoms with Crippen LogP contribution in [0.5, 0.6) is 0 Å². The van der Waals surface area contributed by atoms with Crippen molar-refractivity contribution in [3.8, 4) is 0 Å². The predicted octanol–water partition coefficient (Wildman–Crippen LogP) is 3.92. The molecule has 0 aromatic rings. The normalized spacial score (nSPS) is 16.4. The van der Waals surface area contributed by atoms with Gasteiger partial charge in [-0.2, -0.15) is 13.2 Å². The van der Waals surface area contributed by atoms with Gasteiger partial charge in [0.1, 0.15) is 0 Å². The molecule has 0 saturated carbocycles. The molecule has 0 fully saturated rings. The molecule has 108 valence electrons. The Morgan fingerprint density at radius 1 is 1.11 bits per heavy atom. The van der Waals surface area contributed by atoms with Gasteiger partial charge in [0.2, 0.25) is 6.17 Å². The molecule has 0 heterocycles. The van der Waals surface area contributed by atoms with Crippen LogP contribution < -0.4 is 0 Å². The average molecular weight is 300 g/mol. The summed E-state index contributed by atoms with van der Waals surface area (Å²) < 4.78 is 86.3. The van der Waals surface area contributed by atoms with Crippen molar-refractivity contribution in [2.45, 2.75) is 44.2 Å². The highest BCUT2D eigenvalue weighted by molar-refractivity contribution is 8.13. The van der Waals surface area contributed by atoms with E-state index in [2.05, 4.69) is 0 Å². The van der Waals surface area contributed by atoms with Crippen molar-refractivity contribution in [1.82, 2.24) is 0 Å². The summed E-state index contributed by atoms with van der Waals surface area (Å²) in [6, 6.07) is 0. The van der Waals surface area contributed by atoms with E-state index < -0.39 is 42.4 Å². The molecule has 0 bridgehead atoms. The van der Waals surface area contributed by atoms with Crippen LogP contribution in [-0.4, -0.2) is 35.3 Å². The van der Waals surface area contributed by atoms with Gasteiger partial charge < -0.3 is 0 Å². The van der Waals surface area contributed by atoms with Gasteiger partial charge in [-0.15, -0.1) is 0 Å². The van der Waals surface area contributed by atoms with E-state index >= 15 is 0 Å². The summed E-state index contributed by atoms with van der Waals surface area (Å²) in [6.07, 6.45) is -15.2. The fraction of sp³-hybridized carbons (Fsp3) is 0.889. The average Bonchev–Trinajstić information content (AvgIpc) is 2.14. The molecule has 0 aliphatic heterocycles. The van der Waals surface area contributed by atoms with Crippen molar-refractivity contribution in [2.24, 2.45) is 0 Å². The number of carbonyl (C=O) groups excluding carboxylic acids is 1. The van der Waals surface area contributed by atoms with E-state index in [4.69, 9.17) is 0 Å². The number of hydrogen-bond donors (Lipinski definition) is 0. The number of alkyl halides is 7. The van der Waals surface area contributed by atoms with E-state index in [1.807, 2.05) is 0 Å². The maximum atomic E-state index is 13.0. The quantitative estimate of drug-likeness (QED) is 0.692. The third-order valence-corrected chi connectivity index (χ3v) is 2.79. The molecule has 0 radical (unpaired) electrons. The van der Waals surface area contributed by atoms with E-state index in [0.29, 0.717) is 11.8 Å². The Morgan fingerprint density at radius 3 is 2.00 bits per heavy atom. The zero-order chi connectivity index (χ0) is 14.6. The highest BCUT2D eigenvalue weighted by Crippen LogP contribution is 2.36. The second-order valence-electron chi connectivity index (χ2n) is 3.57. The van der Waals surface area contributed by atoms with Crippen molar-refractivity contribution in [3.05, 3.63) is 0 Å². The van der Waals surface area contributed by atoms with E-state index in [-0.39, 0.29) is 5.75 Å². The van der Waals surface area contributed by atoms with Crippen molar-refractivity contribution in [3.63, 3.8) is 0 Å². The van der Waals surface area contributed by atoms with Crippen molar-refractivity contribution >= 4 is 16.9 Å². The van der Waals surface area contributed by atoms with Crippen LogP contribution in [0.25, 0.3) is 0 Å². The first-order valence-electron chi connectivity index (χ1n) is 4.83. The molecule has 2 unspecified atom stereocenters. The maximum absolute atomic E-state index is 13.0. The van der Waals surface area contributed by atoms with Gasteiger partial charge in [-0.25, -0.2) is 17.6 Å². The summed E-state index contributed by atoms with van der Waals surface area (Å²) in [7, 11) is 0. The third kappa shape index (κ3) is 6.46. The molecule has 1 nitrogen and oxygen atoms in total. The lowest BCUT2D eigenvalue weighted by atomic mass is 10.1. The molecule has 0 amide bonds. The fourth-order valence-corrected chi connectivity index (χ4v) is 1.61. The third-order valence-electron chi connectivity index (χ3n) is 1.94. The van der Waals surface area contributed by atoms with E-state index in [1.54, 1.807) is 0 Å². The summed E-state index contributed by atoms with van der Waals surface area (Å²) in [4.78, 5) is 10.4. The largest absolute Gasteiger partial charge is 0.419 e. The molecular formula is C9H11F7OS. The molecular weight excluding hydrogens is 289 g/mol. The maximum Gasteiger partial charge on any atom is 0.419 e. The topological polar surface area (TPSA) is 17.1 Å². The van der Waals surface area contributed by atoms with Gasteiger partial charge in [0.15, 0.2) is 11.3 Å². The second kappa shape index (κ2) is 6.63. The Bertz CT molecular complexity index is 279. The number of hydrogen-bond acceptors (Lipinski definition) is 2. The molecule has 0 aromatic carbocycles. The first kappa shape index (κ1) is 17.5. The minimum absolute atomic E-state index is 0.297. The van der Waals surface area contributed by atoms with E-state index in [9.17, 15) is 35.5 Å². The van der Waals surface area contributed by atoms with Crippen LogP contribution in [0, 0.1) is 0 Å². The molecule has 0 aliphatic carbocycles. The van der Waals surface area contributed by atoms with E-state index in [0.717, 1.165) is 6.92 Å². The number of rotatable bonds is 6. The molecule has 0 aliphatic rings. The first-order valence-corrected chi connectivity index (χ1v) is 5.81. The number of carbonyl (C=O) groups is 1. The van der Waals surface area contributed by atoms with Gasteiger partial charge in [0.25, 0.3) is 5.92 Å². The van der Waals surface area contributed by atoms with Crippen LogP contribution >= 0.6 is 11.8 Å². The Balaban J connectivity index is 4.30. The minimum atomic E-state index is -5.43. The van der Waals surface area contributed by atoms with Gasteiger partial charge in [-0.1, -0.05) is 11.8 Å². The highest BCUT2D eigenvalue weighted by atomic mass is 32.2. The molecule has 9 heteroatoms. The second-order valence-corrected chi connectivity index (χ2v) is 4.84. The Kier molecular flexibility index (Phi) is 6.45. The fourth-order valence-electron chi connectivity index (χ4n) is 1.000.